The molecule has 1 N–H and O–H groups in total. The Balaban J connectivity index is 0.00000240. The molecule has 1 amide bonds. The van der Waals surface area contributed by atoms with E-state index in [4.69, 9.17) is 0 Å². The van der Waals surface area contributed by atoms with Crippen LogP contribution in [0, 0.1) is 22.2 Å². The van der Waals surface area contributed by atoms with Crippen LogP contribution < -0.4 is 5.32 Å². The molecule has 0 bridgehead atoms. The van der Waals surface area contributed by atoms with Crippen LogP contribution in [0.1, 0.15) is 125 Å². The molecular weight excluding hydrogens is 360 g/mol. The van der Waals surface area contributed by atoms with Crippen molar-refractivity contribution in [3.8, 4) is 6.07 Å². The Kier molecular flexibility index (Phi) is 7.41. The molecule has 4 heteroatoms. The summed E-state index contributed by atoms with van der Waals surface area (Å²) in [6, 6.07) is 2.27. The first-order valence-electron chi connectivity index (χ1n) is 12.2. The lowest BCUT2D eigenvalue weighted by Gasteiger charge is -2.36. The van der Waals surface area contributed by atoms with Gasteiger partial charge in [0.1, 0.15) is 11.3 Å². The number of rotatable bonds is 11. The van der Waals surface area contributed by atoms with Crippen molar-refractivity contribution in [3.63, 3.8) is 0 Å². The first kappa shape index (κ1) is 22.3. The maximum Gasteiger partial charge on any atom is 0.227 e. The molecule has 0 spiro atoms. The molecule has 0 atom stereocenters. The van der Waals surface area contributed by atoms with E-state index < -0.39 is 11.0 Å². The molecule has 3 fully saturated rings. The maximum atomic E-state index is 13.1. The highest BCUT2D eigenvalue weighted by Crippen LogP contribution is 2.46. The number of nitriles is 1. The second-order valence-corrected chi connectivity index (χ2v) is 10.3. The number of nitrogens with zero attached hydrogens (tertiary/aromatic N) is 1. The number of Topliss-reactive ketones (excluding diaryl/α,β-unsaturated/α-hetero) is 1. The van der Waals surface area contributed by atoms with Gasteiger partial charge in [-0.1, -0.05) is 45.4 Å². The number of carbonyl (C=O) groups is 2. The monoisotopic (exact) mass is 404 g/mol. The molecule has 0 aliphatic heterocycles. The van der Waals surface area contributed by atoms with Gasteiger partial charge in [0.2, 0.25) is 5.91 Å². The topological polar surface area (TPSA) is 70.0 Å². The third kappa shape index (κ3) is 5.62. The molecular formula is C25H44N2O2. The maximum absolute atomic E-state index is 13.1. The Morgan fingerprint density at radius 3 is 2.14 bits per heavy atom. The third-order valence-corrected chi connectivity index (χ3v) is 8.10. The van der Waals surface area contributed by atoms with E-state index in [9.17, 15) is 14.9 Å². The fourth-order valence-corrected chi connectivity index (χ4v) is 6.00. The van der Waals surface area contributed by atoms with E-state index in [1.807, 2.05) is 0 Å². The van der Waals surface area contributed by atoms with E-state index in [1.165, 1.54) is 51.4 Å². The number of hydrogen-bond donors (Lipinski definition) is 1. The smallest absolute Gasteiger partial charge is 0.227 e. The van der Waals surface area contributed by atoms with Crippen molar-refractivity contribution in [1.82, 2.24) is 5.32 Å². The van der Waals surface area contributed by atoms with Crippen LogP contribution in [-0.4, -0.2) is 17.2 Å². The van der Waals surface area contributed by atoms with Crippen LogP contribution in [0.15, 0.2) is 0 Å². The van der Waals surface area contributed by atoms with Gasteiger partial charge in [0.15, 0.2) is 0 Å². The van der Waals surface area contributed by atoms with Crippen molar-refractivity contribution >= 4 is 11.7 Å². The lowest BCUT2D eigenvalue weighted by molar-refractivity contribution is -0.134. The Bertz CT molecular complexity index is 628. The third-order valence-electron chi connectivity index (χ3n) is 8.10. The van der Waals surface area contributed by atoms with E-state index in [-0.39, 0.29) is 8.76 Å². The molecule has 0 aromatic heterocycles. The summed E-state index contributed by atoms with van der Waals surface area (Å²) in [7, 11) is 0. The molecule has 0 unspecified atom stereocenters. The van der Waals surface area contributed by atoms with Crippen molar-refractivity contribution < 1.29 is 12.4 Å². The minimum Gasteiger partial charge on any atom is -0.337 e. The zero-order valence-corrected chi connectivity index (χ0v) is 18.5. The van der Waals surface area contributed by atoms with Gasteiger partial charge in [-0.2, -0.15) is 5.26 Å². The van der Waals surface area contributed by atoms with Gasteiger partial charge in [0.05, 0.1) is 6.07 Å². The van der Waals surface area contributed by atoms with Gasteiger partial charge in [-0.25, -0.2) is 0 Å². The molecule has 29 heavy (non-hydrogen) atoms. The summed E-state index contributed by atoms with van der Waals surface area (Å²) in [6.45, 7) is 2.28. The molecule has 3 saturated carbocycles. The molecule has 3 aliphatic carbocycles. The van der Waals surface area contributed by atoms with Crippen molar-refractivity contribution in [2.24, 2.45) is 10.8 Å². The number of nitrogens with one attached hydrogen (secondary N) is 1. The van der Waals surface area contributed by atoms with Crippen molar-refractivity contribution in [2.45, 2.75) is 128 Å². The summed E-state index contributed by atoms with van der Waals surface area (Å²) in [5.74, 6) is 0.366. The second-order valence-electron chi connectivity index (χ2n) is 10.3. The summed E-state index contributed by atoms with van der Waals surface area (Å²) in [5, 5.41) is 12.4. The van der Waals surface area contributed by atoms with Crippen LogP contribution in [-0.2, 0) is 9.59 Å². The Morgan fingerprint density at radius 2 is 1.55 bits per heavy atom. The van der Waals surface area contributed by atoms with Crippen molar-refractivity contribution in [1.29, 1.82) is 5.26 Å². The molecule has 0 heterocycles. The average molecular weight is 405 g/mol. The van der Waals surface area contributed by atoms with Gasteiger partial charge in [-0.05, 0) is 69.6 Å². The standard InChI is InChI=1S/C25H40N2O2.2H2/c1-2-11-23(12-6-7-13-23)14-8-9-21(28)10-17-24(15-4-3-5-16-24)22(29)27-25(20-26)18-19-25;;/h2-19H2,1H3,(H,27,29);2*1H. The first-order chi connectivity index (χ1) is 14.0. The summed E-state index contributed by atoms with van der Waals surface area (Å²) < 4.78 is 0. The predicted octanol–water partition coefficient (Wildman–Crippen LogP) is 6.48. The van der Waals surface area contributed by atoms with Gasteiger partial charge >= 0.3 is 0 Å². The quantitative estimate of drug-likeness (QED) is 0.428. The molecule has 3 aliphatic rings. The normalized spacial score (nSPS) is 23.9. The summed E-state index contributed by atoms with van der Waals surface area (Å²) >= 11 is 0. The molecule has 0 aromatic carbocycles. The SMILES string of the molecule is CCCC1(CCCC(=O)CCC2(C(=O)NC3(C#N)CC3)CCCCC2)CCCC1.[HH].[HH]. The molecule has 0 radical (unpaired) electrons. The van der Waals surface area contributed by atoms with Gasteiger partial charge in [0, 0.05) is 21.1 Å². The van der Waals surface area contributed by atoms with Crippen LogP contribution in [0.5, 0.6) is 0 Å². The highest BCUT2D eigenvalue weighted by Gasteiger charge is 2.49. The van der Waals surface area contributed by atoms with Gasteiger partial charge in [-0.3, -0.25) is 9.59 Å². The number of amides is 1. The molecule has 3 rings (SSSR count). The molecule has 0 saturated heterocycles. The van der Waals surface area contributed by atoms with Crippen LogP contribution >= 0.6 is 0 Å². The highest BCUT2D eigenvalue weighted by molar-refractivity contribution is 5.85. The van der Waals surface area contributed by atoms with E-state index in [0.717, 1.165) is 44.9 Å². The molecule has 0 aromatic rings. The van der Waals surface area contributed by atoms with Crippen LogP contribution in [0.25, 0.3) is 0 Å². The lowest BCUT2D eigenvalue weighted by Crippen LogP contribution is -2.47. The second kappa shape index (κ2) is 9.63. The molecule has 166 valence electrons. The minimum absolute atomic E-state index is 0. The number of ketones is 1. The summed E-state index contributed by atoms with van der Waals surface area (Å²) in [5.41, 5.74) is -0.523. The number of hydrogen-bond acceptors (Lipinski definition) is 3. The van der Waals surface area contributed by atoms with E-state index in [1.54, 1.807) is 0 Å². The predicted molar refractivity (Wildman–Crippen MR) is 119 cm³/mol. The largest absolute Gasteiger partial charge is 0.337 e. The fraction of sp³-hybridized carbons (Fsp3) is 0.880. The Morgan fingerprint density at radius 1 is 0.897 bits per heavy atom. The number of carbonyl (C=O) groups excluding carboxylic acids is 2. The Labute approximate surface area is 180 Å². The van der Waals surface area contributed by atoms with E-state index in [2.05, 4.69) is 18.3 Å². The van der Waals surface area contributed by atoms with Gasteiger partial charge < -0.3 is 5.32 Å². The summed E-state index contributed by atoms with van der Waals surface area (Å²) in [6.07, 6.45) is 18.6. The van der Waals surface area contributed by atoms with Crippen LogP contribution in [0.2, 0.25) is 0 Å². The zero-order valence-electron chi connectivity index (χ0n) is 18.5. The van der Waals surface area contributed by atoms with Crippen LogP contribution in [0.4, 0.5) is 0 Å². The van der Waals surface area contributed by atoms with Crippen molar-refractivity contribution in [3.05, 3.63) is 0 Å². The minimum atomic E-state index is -0.611. The Hall–Kier alpha value is -1.37. The highest BCUT2D eigenvalue weighted by atomic mass is 16.2. The zero-order chi connectivity index (χ0) is 20.8. The van der Waals surface area contributed by atoms with Crippen molar-refractivity contribution in [2.75, 3.05) is 0 Å². The lowest BCUT2D eigenvalue weighted by atomic mass is 9.69. The summed E-state index contributed by atoms with van der Waals surface area (Å²) in [4.78, 5) is 25.7. The fourth-order valence-electron chi connectivity index (χ4n) is 6.00. The van der Waals surface area contributed by atoms with E-state index >= 15 is 0 Å². The van der Waals surface area contributed by atoms with E-state index in [0.29, 0.717) is 30.5 Å². The van der Waals surface area contributed by atoms with Gasteiger partial charge in [-0.15, -0.1) is 0 Å². The van der Waals surface area contributed by atoms with Gasteiger partial charge in [0.25, 0.3) is 0 Å². The van der Waals surface area contributed by atoms with Crippen LogP contribution in [0.3, 0.4) is 0 Å². The average Bonchev–Trinajstić information content (AvgIpc) is 3.36. The molecule has 4 nitrogen and oxygen atoms in total. The first-order valence-corrected chi connectivity index (χ1v) is 12.2.